The molecule has 6 rings (SSSR count). The van der Waals surface area contributed by atoms with Crippen molar-refractivity contribution >= 4 is 45.2 Å². The minimum Gasteiger partial charge on any atom is -0.270 e. The molecule has 3 aromatic carbocycles. The van der Waals surface area contributed by atoms with Crippen LogP contribution in [0.3, 0.4) is 0 Å². The molecule has 33 heavy (non-hydrogen) atoms. The number of benzene rings is 3. The zero-order chi connectivity index (χ0) is 22.5. The highest BCUT2D eigenvalue weighted by Gasteiger charge is 2.16. The van der Waals surface area contributed by atoms with Gasteiger partial charge in [-0.25, -0.2) is 9.97 Å². The number of rotatable bonds is 2. The van der Waals surface area contributed by atoms with Crippen molar-refractivity contribution in [2.75, 3.05) is 0 Å². The van der Waals surface area contributed by atoms with Crippen LogP contribution < -0.4 is 5.56 Å². The summed E-state index contributed by atoms with van der Waals surface area (Å²) < 4.78 is 3.77. The lowest BCUT2D eigenvalue weighted by Gasteiger charge is -2.16. The lowest BCUT2D eigenvalue weighted by molar-refractivity contribution is 0.866. The topological polar surface area (TPSA) is 52.7 Å². The summed E-state index contributed by atoms with van der Waals surface area (Å²) in [6.45, 7) is 2.04. The minimum absolute atomic E-state index is 0.202. The van der Waals surface area contributed by atoms with Crippen LogP contribution in [0.25, 0.3) is 44.3 Å². The van der Waals surface area contributed by atoms with E-state index in [-0.39, 0.29) is 5.56 Å². The maximum absolute atomic E-state index is 13.7. The number of para-hydroxylation sites is 2. The smallest absolute Gasteiger partial charge is 0.268 e. The Morgan fingerprint density at radius 1 is 0.727 bits per heavy atom. The predicted octanol–water partition coefficient (Wildman–Crippen LogP) is 5.92. The van der Waals surface area contributed by atoms with Crippen molar-refractivity contribution in [2.24, 2.45) is 0 Å². The Bertz CT molecular complexity index is 1810. The molecule has 0 fully saturated rings. The average molecular weight is 447 g/mol. The fourth-order valence-electron chi connectivity index (χ4n) is 4.20. The standard InChI is InChI=1S/C27H18N4OS/c1-17-12-13-18-15-19-16-22-25(29-24(19)28-23(18)14-17)30(20-8-4-2-5-9-20)27(33)31(26(22)32)21-10-6-3-7-11-21/h2-16H,1H3. The van der Waals surface area contributed by atoms with Gasteiger partial charge in [-0.1, -0.05) is 48.5 Å². The van der Waals surface area contributed by atoms with Gasteiger partial charge < -0.3 is 0 Å². The molecule has 0 radical (unpaired) electrons. The minimum atomic E-state index is -0.202. The summed E-state index contributed by atoms with van der Waals surface area (Å²) in [7, 11) is 0. The summed E-state index contributed by atoms with van der Waals surface area (Å²) in [6, 6.07) is 29.2. The van der Waals surface area contributed by atoms with Gasteiger partial charge in [-0.05, 0) is 67.2 Å². The third kappa shape index (κ3) is 3.15. The van der Waals surface area contributed by atoms with E-state index in [1.54, 1.807) is 4.57 Å². The second-order valence-corrected chi connectivity index (χ2v) is 8.39. The first kappa shape index (κ1) is 19.5. The summed E-state index contributed by atoms with van der Waals surface area (Å²) in [5.41, 5.74) is 4.43. The van der Waals surface area contributed by atoms with E-state index in [1.807, 2.05) is 96.4 Å². The molecule has 0 aliphatic heterocycles. The molecule has 3 heterocycles. The molecule has 0 aliphatic rings. The molecule has 158 valence electrons. The van der Waals surface area contributed by atoms with Crippen molar-refractivity contribution in [1.82, 2.24) is 19.1 Å². The fraction of sp³-hybridized carbons (Fsp3) is 0.0370. The van der Waals surface area contributed by atoms with Gasteiger partial charge in [-0.2, -0.15) is 0 Å². The number of hydrogen-bond acceptors (Lipinski definition) is 4. The largest absolute Gasteiger partial charge is 0.270 e. The average Bonchev–Trinajstić information content (AvgIpc) is 2.83. The van der Waals surface area contributed by atoms with Crippen molar-refractivity contribution in [1.29, 1.82) is 0 Å². The summed E-state index contributed by atoms with van der Waals surface area (Å²) in [5.74, 6) is 0. The molecule has 0 saturated carbocycles. The molecule has 0 atom stereocenters. The fourth-order valence-corrected chi connectivity index (χ4v) is 4.58. The van der Waals surface area contributed by atoms with Crippen molar-refractivity contribution in [2.45, 2.75) is 6.92 Å². The second kappa shape index (κ2) is 7.46. The third-order valence-electron chi connectivity index (χ3n) is 5.79. The van der Waals surface area contributed by atoms with E-state index in [9.17, 15) is 4.79 Å². The van der Waals surface area contributed by atoms with Gasteiger partial charge in [0, 0.05) is 16.5 Å². The highest BCUT2D eigenvalue weighted by atomic mass is 32.1. The van der Waals surface area contributed by atoms with Crippen molar-refractivity contribution in [3.63, 3.8) is 0 Å². The number of fused-ring (bicyclic) bond motifs is 3. The highest BCUT2D eigenvalue weighted by molar-refractivity contribution is 7.71. The van der Waals surface area contributed by atoms with Crippen LogP contribution in [-0.4, -0.2) is 19.1 Å². The molecule has 0 unspecified atom stereocenters. The molecular formula is C27H18N4OS. The van der Waals surface area contributed by atoms with Crippen molar-refractivity contribution in [3.05, 3.63) is 112 Å². The third-order valence-corrected chi connectivity index (χ3v) is 6.16. The number of pyridine rings is 2. The molecular weight excluding hydrogens is 428 g/mol. The maximum Gasteiger partial charge on any atom is 0.268 e. The Morgan fingerprint density at radius 2 is 1.39 bits per heavy atom. The number of aryl methyl sites for hydroxylation is 1. The van der Waals surface area contributed by atoms with E-state index >= 15 is 0 Å². The van der Waals surface area contributed by atoms with Gasteiger partial charge in [-0.15, -0.1) is 0 Å². The normalized spacial score (nSPS) is 11.4. The van der Waals surface area contributed by atoms with E-state index in [1.165, 1.54) is 0 Å². The van der Waals surface area contributed by atoms with Crippen LogP contribution in [-0.2, 0) is 0 Å². The summed E-state index contributed by atoms with van der Waals surface area (Å²) in [5, 5.41) is 2.30. The molecule has 0 bridgehead atoms. The molecule has 0 aliphatic carbocycles. The lowest BCUT2D eigenvalue weighted by Crippen LogP contribution is -2.24. The van der Waals surface area contributed by atoms with Crippen LogP contribution in [0.4, 0.5) is 0 Å². The van der Waals surface area contributed by atoms with Gasteiger partial charge in [0.05, 0.1) is 16.6 Å². The van der Waals surface area contributed by atoms with Crippen LogP contribution in [0, 0.1) is 11.7 Å². The summed E-state index contributed by atoms with van der Waals surface area (Å²) >= 11 is 5.85. The van der Waals surface area contributed by atoms with Crippen LogP contribution in [0.15, 0.2) is 95.8 Å². The number of hydrogen-bond donors (Lipinski definition) is 0. The Morgan fingerprint density at radius 3 is 2.09 bits per heavy atom. The van der Waals surface area contributed by atoms with Crippen molar-refractivity contribution in [3.8, 4) is 11.4 Å². The van der Waals surface area contributed by atoms with Crippen LogP contribution in [0.5, 0.6) is 0 Å². The SMILES string of the molecule is Cc1ccc2cc3cc4c(=O)n(-c5ccccc5)c(=S)n(-c5ccccc5)c4nc3nc2c1. The molecule has 6 aromatic rings. The van der Waals surface area contributed by atoms with Gasteiger partial charge in [0.15, 0.2) is 16.1 Å². The molecule has 0 amide bonds. The highest BCUT2D eigenvalue weighted by Crippen LogP contribution is 2.24. The van der Waals surface area contributed by atoms with E-state index in [0.717, 1.165) is 27.5 Å². The Balaban J connectivity index is 1.80. The molecule has 0 N–H and O–H groups in total. The molecule has 0 spiro atoms. The van der Waals surface area contributed by atoms with Gasteiger partial charge in [0.2, 0.25) is 0 Å². The first-order valence-corrected chi connectivity index (χ1v) is 11.0. The van der Waals surface area contributed by atoms with Gasteiger partial charge in [0.25, 0.3) is 5.56 Å². The summed E-state index contributed by atoms with van der Waals surface area (Å²) in [4.78, 5) is 23.4. The zero-order valence-corrected chi connectivity index (χ0v) is 18.6. The van der Waals surface area contributed by atoms with Gasteiger partial charge >= 0.3 is 0 Å². The molecule has 5 nitrogen and oxygen atoms in total. The summed E-state index contributed by atoms with van der Waals surface area (Å²) in [6.07, 6.45) is 0. The van der Waals surface area contributed by atoms with Crippen molar-refractivity contribution < 1.29 is 0 Å². The predicted molar refractivity (Wildman–Crippen MR) is 135 cm³/mol. The number of nitrogens with zero attached hydrogens (tertiary/aromatic N) is 4. The van der Waals surface area contributed by atoms with Crippen LogP contribution in [0.2, 0.25) is 0 Å². The monoisotopic (exact) mass is 446 g/mol. The maximum atomic E-state index is 13.7. The Labute approximate surface area is 194 Å². The second-order valence-electron chi connectivity index (χ2n) is 8.02. The van der Waals surface area contributed by atoms with E-state index < -0.39 is 0 Å². The van der Waals surface area contributed by atoms with E-state index in [0.29, 0.717) is 27.1 Å². The van der Waals surface area contributed by atoms with Crippen LogP contribution >= 0.6 is 12.2 Å². The first-order valence-electron chi connectivity index (χ1n) is 10.6. The molecule has 6 heteroatoms. The van der Waals surface area contributed by atoms with Gasteiger partial charge in [0.1, 0.15) is 0 Å². The lowest BCUT2D eigenvalue weighted by atomic mass is 10.1. The first-order chi connectivity index (χ1) is 16.1. The molecule has 0 saturated heterocycles. The van der Waals surface area contributed by atoms with E-state index in [4.69, 9.17) is 22.2 Å². The molecule has 3 aromatic heterocycles. The Hall–Kier alpha value is -4.16. The van der Waals surface area contributed by atoms with Crippen LogP contribution in [0.1, 0.15) is 5.56 Å². The van der Waals surface area contributed by atoms with Gasteiger partial charge in [-0.3, -0.25) is 13.9 Å². The Kier molecular flexibility index (Phi) is 4.41. The quantitative estimate of drug-likeness (QED) is 0.245. The van der Waals surface area contributed by atoms with E-state index in [2.05, 4.69) is 6.07 Å². The zero-order valence-electron chi connectivity index (χ0n) is 17.8. The number of aromatic nitrogens is 4.